The van der Waals surface area contributed by atoms with E-state index in [1.165, 1.54) is 0 Å². The molecular weight excluding hydrogens is 404 g/mol. The number of terminal acetylenes is 1. The van der Waals surface area contributed by atoms with Gasteiger partial charge in [-0.05, 0) is 125 Å². The molecule has 0 saturated carbocycles. The van der Waals surface area contributed by atoms with Gasteiger partial charge in [-0.15, -0.1) is 6.42 Å². The summed E-state index contributed by atoms with van der Waals surface area (Å²) in [7, 11) is 3.34. The molecule has 2 rings (SSSR count). The van der Waals surface area contributed by atoms with E-state index in [4.69, 9.17) is 15.9 Å². The third-order valence-corrected chi connectivity index (χ3v) is 3.42. The zero-order chi connectivity index (χ0) is 24.0. The first-order chi connectivity index (χ1) is 16.2. The van der Waals surface area contributed by atoms with Crippen molar-refractivity contribution in [1.29, 1.82) is 0 Å². The summed E-state index contributed by atoms with van der Waals surface area (Å²) in [5.41, 5.74) is 2.25. The fraction of sp³-hybridized carbons (Fsp3) is 0.0968. The minimum Gasteiger partial charge on any atom is -0.497 e. The maximum atomic E-state index is 5.20. The third-order valence-electron chi connectivity index (χ3n) is 3.42. The van der Waals surface area contributed by atoms with Gasteiger partial charge >= 0.3 is 0 Å². The molecule has 0 bridgehead atoms. The number of hydrogen-bond donors (Lipinski definition) is 0. The van der Waals surface area contributed by atoms with Crippen molar-refractivity contribution in [2.45, 2.75) is 6.92 Å². The van der Waals surface area contributed by atoms with Crippen molar-refractivity contribution in [3.05, 3.63) is 48.5 Å². The lowest BCUT2D eigenvalue weighted by molar-refractivity contribution is 0.414. The molecule has 2 aromatic rings. The summed E-state index contributed by atoms with van der Waals surface area (Å²) in [6.45, 7) is 1.70. The molecule has 2 heteroatoms. The van der Waals surface area contributed by atoms with Crippen LogP contribution in [-0.2, 0) is 0 Å². The summed E-state index contributed by atoms with van der Waals surface area (Å²) in [5.74, 6) is 38.6. The maximum absolute atomic E-state index is 5.20. The van der Waals surface area contributed by atoms with Crippen LogP contribution >= 0.6 is 0 Å². The molecule has 33 heavy (non-hydrogen) atoms. The second kappa shape index (κ2) is 17.4. The Morgan fingerprint density at radius 2 is 0.909 bits per heavy atom. The largest absolute Gasteiger partial charge is 0.497 e. The van der Waals surface area contributed by atoms with Crippen molar-refractivity contribution in [3.8, 4) is 118 Å². The summed E-state index contributed by atoms with van der Waals surface area (Å²) >= 11 is 0. The van der Waals surface area contributed by atoms with E-state index in [-0.39, 0.29) is 0 Å². The topological polar surface area (TPSA) is 18.5 Å². The van der Waals surface area contributed by atoms with Gasteiger partial charge in [0.1, 0.15) is 11.5 Å². The Labute approximate surface area is 197 Å². The van der Waals surface area contributed by atoms with Crippen LogP contribution in [0.2, 0.25) is 0 Å². The average molecular weight is 422 g/mol. The normalized spacial score (nSPS) is 6.73. The predicted molar refractivity (Wildman–Crippen MR) is 134 cm³/mol. The second-order valence-electron chi connectivity index (χ2n) is 5.48. The van der Waals surface area contributed by atoms with Crippen molar-refractivity contribution >= 4 is 0 Å². The summed E-state index contributed by atoms with van der Waals surface area (Å²) in [5, 5.41) is 0. The van der Waals surface area contributed by atoms with E-state index >= 15 is 0 Å². The van der Waals surface area contributed by atoms with E-state index in [2.05, 4.69) is 101 Å². The Balaban J connectivity index is 0.000000330. The molecule has 0 atom stereocenters. The van der Waals surface area contributed by atoms with E-state index in [1.54, 1.807) is 21.1 Å². The Morgan fingerprint density at radius 1 is 0.545 bits per heavy atom. The van der Waals surface area contributed by atoms with Crippen LogP contribution in [0.25, 0.3) is 11.1 Å². The minimum absolute atomic E-state index is 0.861. The Morgan fingerprint density at radius 3 is 1.24 bits per heavy atom. The van der Waals surface area contributed by atoms with Gasteiger partial charge in [0, 0.05) is 0 Å². The standard InChI is InChI=1S/C17H4.C14H14O2/c1-3-5-7-9-11-13-15-17-16-14-12-10-8-6-4-2;1-15-13-7-3-5-11(9-13)12-6-4-8-14(10-12)16-2/h1H,2H3;3-10H,1-2H3. The average Bonchev–Trinajstić information content (AvgIpc) is 2.87. The molecule has 0 unspecified atom stereocenters. The first kappa shape index (κ1) is 25.6. The molecule has 0 aliphatic carbocycles. The van der Waals surface area contributed by atoms with Gasteiger partial charge in [-0.3, -0.25) is 0 Å². The van der Waals surface area contributed by atoms with Crippen LogP contribution in [0.3, 0.4) is 0 Å². The first-order valence-electron chi connectivity index (χ1n) is 9.41. The SMILES string of the molecule is C#CC#CC#CC#CC#CC#CC#CC#CC.COc1cccc(-c2cccc(OC)c2)c1. The van der Waals surface area contributed by atoms with Crippen molar-refractivity contribution < 1.29 is 9.47 Å². The molecule has 0 aliphatic heterocycles. The molecule has 2 aromatic carbocycles. The summed E-state index contributed by atoms with van der Waals surface area (Å²) in [6, 6.07) is 16.0. The van der Waals surface area contributed by atoms with Gasteiger partial charge in [0.15, 0.2) is 0 Å². The van der Waals surface area contributed by atoms with Gasteiger partial charge in [-0.1, -0.05) is 30.2 Å². The van der Waals surface area contributed by atoms with Gasteiger partial charge < -0.3 is 9.47 Å². The van der Waals surface area contributed by atoms with Crippen LogP contribution in [0.5, 0.6) is 11.5 Å². The van der Waals surface area contributed by atoms with Gasteiger partial charge in [-0.25, -0.2) is 0 Å². The molecular formula is C31H18O2. The zero-order valence-electron chi connectivity index (χ0n) is 18.5. The molecule has 0 amide bonds. The predicted octanol–water partition coefficient (Wildman–Crippen LogP) is 4.03. The maximum Gasteiger partial charge on any atom is 0.119 e. The number of hydrogen-bond acceptors (Lipinski definition) is 2. The van der Waals surface area contributed by atoms with Crippen molar-refractivity contribution in [3.63, 3.8) is 0 Å². The van der Waals surface area contributed by atoms with Gasteiger partial charge in [0.05, 0.1) is 14.2 Å². The highest BCUT2D eigenvalue weighted by molar-refractivity contribution is 5.66. The molecule has 0 spiro atoms. The van der Waals surface area contributed by atoms with Crippen molar-refractivity contribution in [2.75, 3.05) is 14.2 Å². The molecule has 0 heterocycles. The lowest BCUT2D eigenvalue weighted by atomic mass is 10.1. The van der Waals surface area contributed by atoms with E-state index in [0.29, 0.717) is 0 Å². The number of methoxy groups -OCH3 is 2. The third kappa shape index (κ3) is 12.0. The van der Waals surface area contributed by atoms with E-state index in [9.17, 15) is 0 Å². The summed E-state index contributed by atoms with van der Waals surface area (Å²) < 4.78 is 10.4. The molecule has 154 valence electrons. The smallest absolute Gasteiger partial charge is 0.119 e. The molecule has 2 nitrogen and oxygen atoms in total. The lowest BCUT2D eigenvalue weighted by Gasteiger charge is -2.06. The van der Waals surface area contributed by atoms with Crippen LogP contribution in [-0.4, -0.2) is 14.2 Å². The summed E-state index contributed by atoms with van der Waals surface area (Å²) in [6.07, 6.45) is 4.88. The van der Waals surface area contributed by atoms with Gasteiger partial charge in [0.2, 0.25) is 0 Å². The van der Waals surface area contributed by atoms with Gasteiger partial charge in [0.25, 0.3) is 0 Å². The molecule has 0 N–H and O–H groups in total. The highest BCUT2D eigenvalue weighted by Gasteiger charge is 2.00. The first-order valence-corrected chi connectivity index (χ1v) is 9.41. The Bertz CT molecular complexity index is 1390. The van der Waals surface area contributed by atoms with Gasteiger partial charge in [-0.2, -0.15) is 0 Å². The number of rotatable bonds is 3. The fourth-order valence-corrected chi connectivity index (χ4v) is 2.05. The lowest BCUT2D eigenvalue weighted by Crippen LogP contribution is -1.85. The quantitative estimate of drug-likeness (QED) is 0.696. The molecule has 0 saturated heterocycles. The molecule has 0 fully saturated rings. The van der Waals surface area contributed by atoms with Crippen LogP contribution in [0, 0.1) is 95.2 Å². The van der Waals surface area contributed by atoms with Crippen LogP contribution in [0.15, 0.2) is 48.5 Å². The number of benzene rings is 2. The monoisotopic (exact) mass is 422 g/mol. The molecule has 0 aromatic heterocycles. The van der Waals surface area contributed by atoms with Crippen molar-refractivity contribution in [1.82, 2.24) is 0 Å². The Kier molecular flexibility index (Phi) is 13.5. The fourth-order valence-electron chi connectivity index (χ4n) is 2.05. The second-order valence-corrected chi connectivity index (χ2v) is 5.48. The van der Waals surface area contributed by atoms with E-state index in [0.717, 1.165) is 22.6 Å². The van der Waals surface area contributed by atoms with Crippen molar-refractivity contribution in [2.24, 2.45) is 0 Å². The molecule has 0 radical (unpaired) electrons. The Hall–Kier alpha value is -5.48. The summed E-state index contributed by atoms with van der Waals surface area (Å²) in [4.78, 5) is 0. The number of ether oxygens (including phenoxy) is 2. The highest BCUT2D eigenvalue weighted by atomic mass is 16.5. The van der Waals surface area contributed by atoms with Crippen LogP contribution in [0.4, 0.5) is 0 Å². The highest BCUT2D eigenvalue weighted by Crippen LogP contribution is 2.26. The van der Waals surface area contributed by atoms with Crippen LogP contribution < -0.4 is 9.47 Å². The molecule has 0 aliphatic rings. The van der Waals surface area contributed by atoms with E-state index < -0.39 is 0 Å². The zero-order valence-corrected chi connectivity index (χ0v) is 18.5. The minimum atomic E-state index is 0.861. The van der Waals surface area contributed by atoms with E-state index in [1.807, 2.05) is 36.4 Å². The van der Waals surface area contributed by atoms with Crippen LogP contribution in [0.1, 0.15) is 6.92 Å².